The van der Waals surface area contributed by atoms with Crippen LogP contribution < -0.4 is 10.6 Å². The highest BCUT2D eigenvalue weighted by Crippen LogP contribution is 2.28. The van der Waals surface area contributed by atoms with Gasteiger partial charge in [0.25, 0.3) is 0 Å². The topological polar surface area (TPSA) is 50.4 Å². The van der Waals surface area contributed by atoms with Crippen LogP contribution in [0.4, 0.5) is 5.69 Å². The van der Waals surface area contributed by atoms with Gasteiger partial charge in [-0.05, 0) is 29.9 Å². The van der Waals surface area contributed by atoms with Gasteiger partial charge in [0.2, 0.25) is 5.91 Å². The Kier molecular flexibility index (Phi) is 5.15. The molecule has 0 bridgehead atoms. The van der Waals surface area contributed by atoms with Gasteiger partial charge in [-0.15, -0.1) is 0 Å². The first-order valence-electron chi connectivity index (χ1n) is 7.23. The fraction of sp³-hybridized carbons (Fsp3) is 0.562. The number of para-hydroxylation sites is 1. The molecule has 0 unspecified atom stereocenters. The Morgan fingerprint density at radius 3 is 2.70 bits per heavy atom. The summed E-state index contributed by atoms with van der Waals surface area (Å²) < 4.78 is 5.42. The van der Waals surface area contributed by atoms with Crippen molar-refractivity contribution in [1.29, 1.82) is 0 Å². The van der Waals surface area contributed by atoms with E-state index in [9.17, 15) is 4.79 Å². The highest BCUT2D eigenvalue weighted by Gasteiger charge is 2.26. The zero-order chi connectivity index (χ0) is 14.4. The van der Waals surface area contributed by atoms with Gasteiger partial charge in [0, 0.05) is 38.9 Å². The van der Waals surface area contributed by atoms with Crippen molar-refractivity contribution in [2.75, 3.05) is 25.1 Å². The van der Waals surface area contributed by atoms with Crippen LogP contribution in [0.5, 0.6) is 0 Å². The third-order valence-corrected chi connectivity index (χ3v) is 3.90. The molecule has 0 spiro atoms. The molecule has 0 aromatic heterocycles. The smallest absolute Gasteiger partial charge is 0.221 e. The first-order chi connectivity index (χ1) is 9.59. The van der Waals surface area contributed by atoms with Crippen molar-refractivity contribution in [2.24, 2.45) is 5.41 Å². The van der Waals surface area contributed by atoms with Crippen LogP contribution in [-0.4, -0.2) is 25.7 Å². The van der Waals surface area contributed by atoms with Crippen LogP contribution in [0, 0.1) is 5.41 Å². The quantitative estimate of drug-likeness (QED) is 0.869. The number of amides is 1. The fourth-order valence-corrected chi connectivity index (χ4v) is 2.53. The van der Waals surface area contributed by atoms with Crippen molar-refractivity contribution < 1.29 is 9.53 Å². The number of carbonyl (C=O) groups excluding carboxylic acids is 1. The number of hydrogen-bond acceptors (Lipinski definition) is 3. The Morgan fingerprint density at radius 2 is 2.00 bits per heavy atom. The molecule has 4 heteroatoms. The van der Waals surface area contributed by atoms with E-state index in [1.807, 2.05) is 24.3 Å². The molecule has 2 N–H and O–H groups in total. The predicted octanol–water partition coefficient (Wildman–Crippen LogP) is 2.55. The molecule has 1 aromatic rings. The standard InChI is InChI=1S/C16H24N2O2/c1-13(19)18-15-6-4-3-5-14(15)11-17-12-16(2)7-9-20-10-8-16/h3-6,17H,7-12H2,1-2H3,(H,18,19). The van der Waals surface area contributed by atoms with E-state index < -0.39 is 0 Å². The molecule has 0 atom stereocenters. The molecule has 0 aliphatic carbocycles. The van der Waals surface area contributed by atoms with Gasteiger partial charge in [-0.2, -0.15) is 0 Å². The molecule has 20 heavy (non-hydrogen) atoms. The summed E-state index contributed by atoms with van der Waals surface area (Å²) in [6.07, 6.45) is 2.21. The van der Waals surface area contributed by atoms with Crippen LogP contribution >= 0.6 is 0 Å². The lowest BCUT2D eigenvalue weighted by Gasteiger charge is -2.33. The van der Waals surface area contributed by atoms with Crippen LogP contribution in [0.25, 0.3) is 0 Å². The minimum Gasteiger partial charge on any atom is -0.381 e. The van der Waals surface area contributed by atoms with Crippen LogP contribution in [0.15, 0.2) is 24.3 Å². The van der Waals surface area contributed by atoms with E-state index in [2.05, 4.69) is 17.6 Å². The van der Waals surface area contributed by atoms with Crippen molar-refractivity contribution in [3.05, 3.63) is 29.8 Å². The zero-order valence-electron chi connectivity index (χ0n) is 12.4. The molecule has 1 heterocycles. The van der Waals surface area contributed by atoms with Crippen molar-refractivity contribution in [3.63, 3.8) is 0 Å². The average Bonchev–Trinajstić information content (AvgIpc) is 2.41. The molecule has 110 valence electrons. The number of anilines is 1. The van der Waals surface area contributed by atoms with Gasteiger partial charge < -0.3 is 15.4 Å². The third-order valence-electron chi connectivity index (χ3n) is 3.90. The molecule has 2 rings (SSSR count). The molecule has 1 amide bonds. The van der Waals surface area contributed by atoms with Gasteiger partial charge in [0.1, 0.15) is 0 Å². The van der Waals surface area contributed by atoms with Crippen molar-refractivity contribution in [3.8, 4) is 0 Å². The van der Waals surface area contributed by atoms with E-state index in [0.29, 0.717) is 5.41 Å². The lowest BCUT2D eigenvalue weighted by molar-refractivity contribution is -0.114. The number of carbonyl (C=O) groups is 1. The second-order valence-corrected chi connectivity index (χ2v) is 5.86. The number of benzene rings is 1. The van der Waals surface area contributed by atoms with Crippen LogP contribution in [-0.2, 0) is 16.1 Å². The molecule has 1 saturated heterocycles. The Morgan fingerprint density at radius 1 is 1.30 bits per heavy atom. The van der Waals surface area contributed by atoms with E-state index in [4.69, 9.17) is 4.74 Å². The summed E-state index contributed by atoms with van der Waals surface area (Å²) in [5.41, 5.74) is 2.34. The van der Waals surface area contributed by atoms with Gasteiger partial charge >= 0.3 is 0 Å². The summed E-state index contributed by atoms with van der Waals surface area (Å²) in [6, 6.07) is 7.92. The van der Waals surface area contributed by atoms with Gasteiger partial charge in [-0.25, -0.2) is 0 Å². The van der Waals surface area contributed by atoms with E-state index in [1.54, 1.807) is 0 Å². The summed E-state index contributed by atoms with van der Waals surface area (Å²) in [6.45, 7) is 7.31. The minimum absolute atomic E-state index is 0.0335. The summed E-state index contributed by atoms with van der Waals surface area (Å²) in [5.74, 6) is -0.0335. The van der Waals surface area contributed by atoms with Gasteiger partial charge in [0.05, 0.1) is 0 Å². The van der Waals surface area contributed by atoms with Crippen molar-refractivity contribution in [2.45, 2.75) is 33.2 Å². The van der Waals surface area contributed by atoms with E-state index in [-0.39, 0.29) is 5.91 Å². The van der Waals surface area contributed by atoms with Crippen LogP contribution in [0.2, 0.25) is 0 Å². The summed E-state index contributed by atoms with van der Waals surface area (Å²) in [5, 5.41) is 6.39. The molecule has 0 saturated carbocycles. The second kappa shape index (κ2) is 6.86. The Hall–Kier alpha value is -1.39. The number of nitrogens with one attached hydrogen (secondary N) is 2. The molecule has 1 aliphatic rings. The predicted molar refractivity (Wildman–Crippen MR) is 80.6 cm³/mol. The third kappa shape index (κ3) is 4.32. The molecule has 4 nitrogen and oxygen atoms in total. The monoisotopic (exact) mass is 276 g/mol. The first-order valence-corrected chi connectivity index (χ1v) is 7.23. The molecular formula is C16H24N2O2. The lowest BCUT2D eigenvalue weighted by atomic mass is 9.82. The molecule has 0 radical (unpaired) electrons. The fourth-order valence-electron chi connectivity index (χ4n) is 2.53. The highest BCUT2D eigenvalue weighted by molar-refractivity contribution is 5.89. The maximum atomic E-state index is 11.2. The summed E-state index contributed by atoms with van der Waals surface area (Å²) in [7, 11) is 0. The van der Waals surface area contributed by atoms with E-state index in [0.717, 1.165) is 50.4 Å². The highest BCUT2D eigenvalue weighted by atomic mass is 16.5. The maximum Gasteiger partial charge on any atom is 0.221 e. The minimum atomic E-state index is -0.0335. The molecule has 1 fully saturated rings. The lowest BCUT2D eigenvalue weighted by Crippen LogP contribution is -2.36. The summed E-state index contributed by atoms with van der Waals surface area (Å²) >= 11 is 0. The number of hydrogen-bond donors (Lipinski definition) is 2. The van der Waals surface area contributed by atoms with Crippen molar-refractivity contribution >= 4 is 11.6 Å². The van der Waals surface area contributed by atoms with Gasteiger partial charge in [-0.1, -0.05) is 25.1 Å². The zero-order valence-corrected chi connectivity index (χ0v) is 12.4. The maximum absolute atomic E-state index is 11.2. The van der Waals surface area contributed by atoms with E-state index >= 15 is 0 Å². The molecular weight excluding hydrogens is 252 g/mol. The normalized spacial score (nSPS) is 17.7. The van der Waals surface area contributed by atoms with Gasteiger partial charge in [-0.3, -0.25) is 4.79 Å². The van der Waals surface area contributed by atoms with Gasteiger partial charge in [0.15, 0.2) is 0 Å². The first kappa shape index (κ1) is 15.0. The second-order valence-electron chi connectivity index (χ2n) is 5.86. The Bertz CT molecular complexity index is 454. The van der Waals surface area contributed by atoms with E-state index in [1.165, 1.54) is 6.92 Å². The molecule has 1 aliphatic heterocycles. The van der Waals surface area contributed by atoms with Crippen molar-refractivity contribution in [1.82, 2.24) is 5.32 Å². The average molecular weight is 276 g/mol. The Balaban J connectivity index is 1.89. The van der Waals surface area contributed by atoms with Crippen LogP contribution in [0.3, 0.4) is 0 Å². The number of rotatable bonds is 5. The van der Waals surface area contributed by atoms with Crippen LogP contribution in [0.1, 0.15) is 32.3 Å². The SMILES string of the molecule is CC(=O)Nc1ccccc1CNCC1(C)CCOCC1. The summed E-state index contributed by atoms with van der Waals surface area (Å²) in [4.78, 5) is 11.2. The number of ether oxygens (including phenoxy) is 1. The molecule has 1 aromatic carbocycles. The largest absolute Gasteiger partial charge is 0.381 e. The Labute approximate surface area is 120 Å².